The van der Waals surface area contributed by atoms with Gasteiger partial charge in [-0.05, 0) is 18.9 Å². The molecular formula is C19H21Cl2N5O3S. The number of nitrogens with one attached hydrogen (secondary N) is 3. The molecule has 3 N–H and O–H groups in total. The molecule has 3 aromatic rings. The van der Waals surface area contributed by atoms with Crippen molar-refractivity contribution < 1.29 is 13.2 Å². The van der Waals surface area contributed by atoms with Crippen molar-refractivity contribution in [2.24, 2.45) is 0 Å². The molecule has 4 rings (SSSR count). The first-order chi connectivity index (χ1) is 14.3. The zero-order chi connectivity index (χ0) is 21.5. The normalized spacial score (nSPS) is 16.6. The van der Waals surface area contributed by atoms with E-state index >= 15 is 0 Å². The van der Waals surface area contributed by atoms with Crippen LogP contribution in [0.1, 0.15) is 19.0 Å². The molecule has 160 valence electrons. The van der Waals surface area contributed by atoms with Gasteiger partial charge < -0.3 is 9.88 Å². The van der Waals surface area contributed by atoms with E-state index in [1.165, 1.54) is 6.92 Å². The molecule has 0 saturated heterocycles. The second-order valence-corrected chi connectivity index (χ2v) is 9.99. The van der Waals surface area contributed by atoms with Crippen LogP contribution in [0.2, 0.25) is 10.0 Å². The van der Waals surface area contributed by atoms with Crippen LogP contribution in [0, 0.1) is 0 Å². The summed E-state index contributed by atoms with van der Waals surface area (Å²) in [4.78, 5) is 11.0. The second-order valence-electron chi connectivity index (χ2n) is 7.33. The Morgan fingerprint density at radius 3 is 2.87 bits per heavy atom. The average Bonchev–Trinajstić information content (AvgIpc) is 3.29. The number of H-pyrrole nitrogens is 1. The minimum Gasteiger partial charge on any atom is -0.355 e. The number of nitrogens with zero attached hydrogens (tertiary/aromatic N) is 2. The number of carbonyl (C=O) groups is 1. The number of aromatic nitrogens is 3. The molecule has 0 radical (unpaired) electrons. The van der Waals surface area contributed by atoms with Gasteiger partial charge in [0.05, 0.1) is 27.5 Å². The number of carbonyl (C=O) groups excluding carboxylic acids is 1. The lowest BCUT2D eigenvalue weighted by Crippen LogP contribution is -2.43. The Bertz CT molecular complexity index is 1200. The predicted molar refractivity (Wildman–Crippen MR) is 117 cm³/mol. The van der Waals surface area contributed by atoms with Crippen LogP contribution < -0.4 is 10.0 Å². The van der Waals surface area contributed by atoms with Gasteiger partial charge in [0.2, 0.25) is 15.9 Å². The first-order valence-electron chi connectivity index (χ1n) is 9.49. The summed E-state index contributed by atoms with van der Waals surface area (Å²) < 4.78 is 29.7. The largest absolute Gasteiger partial charge is 0.355 e. The third-order valence-electron chi connectivity index (χ3n) is 5.23. The third-order valence-corrected chi connectivity index (χ3v) is 7.46. The molecule has 30 heavy (non-hydrogen) atoms. The second kappa shape index (κ2) is 8.22. The highest BCUT2D eigenvalue weighted by Crippen LogP contribution is 2.42. The summed E-state index contributed by atoms with van der Waals surface area (Å²) in [6.07, 6.45) is 4.90. The number of fused-ring (bicyclic) bond motifs is 3. The van der Waals surface area contributed by atoms with Crippen LogP contribution in [0.25, 0.3) is 22.0 Å². The van der Waals surface area contributed by atoms with Crippen molar-refractivity contribution in [2.75, 3.05) is 12.3 Å². The van der Waals surface area contributed by atoms with Crippen LogP contribution in [0.3, 0.4) is 0 Å². The molecule has 0 spiro atoms. The molecule has 0 bridgehead atoms. The van der Waals surface area contributed by atoms with E-state index in [0.717, 1.165) is 27.7 Å². The number of sulfonamides is 1. The van der Waals surface area contributed by atoms with Gasteiger partial charge in [0, 0.05) is 54.5 Å². The molecule has 11 heteroatoms. The van der Waals surface area contributed by atoms with Crippen molar-refractivity contribution in [1.82, 2.24) is 24.8 Å². The molecule has 1 amide bonds. The van der Waals surface area contributed by atoms with Gasteiger partial charge in [-0.25, -0.2) is 13.1 Å². The third kappa shape index (κ3) is 4.07. The summed E-state index contributed by atoms with van der Waals surface area (Å²) in [5.41, 5.74) is 3.84. The summed E-state index contributed by atoms with van der Waals surface area (Å²) in [6.45, 7) is 1.86. The highest BCUT2D eigenvalue weighted by atomic mass is 35.5. The first kappa shape index (κ1) is 21.2. The lowest BCUT2D eigenvalue weighted by atomic mass is 9.99. The van der Waals surface area contributed by atoms with E-state index in [2.05, 4.69) is 24.8 Å². The number of amides is 1. The standard InChI is InChI=1S/C19H21Cl2N5O3S/c1-11(27)22-6-7-30(28,29)25-13-2-5-16-17(12-8-23-24-9-12)14-3-4-15(20)18(21)19(14)26(16)10-13/h3-4,8-9,13,25H,2,5-7,10H2,1H3,(H,22,27)(H,23,24). The smallest absolute Gasteiger partial charge is 0.216 e. The minimum atomic E-state index is -3.54. The van der Waals surface area contributed by atoms with Crippen molar-refractivity contribution in [2.45, 2.75) is 32.4 Å². The van der Waals surface area contributed by atoms with E-state index in [4.69, 9.17) is 23.2 Å². The van der Waals surface area contributed by atoms with Crippen molar-refractivity contribution in [3.8, 4) is 11.1 Å². The van der Waals surface area contributed by atoms with Gasteiger partial charge in [-0.15, -0.1) is 0 Å². The Labute approximate surface area is 184 Å². The van der Waals surface area contributed by atoms with Crippen molar-refractivity contribution >= 4 is 50.0 Å². The monoisotopic (exact) mass is 469 g/mol. The highest BCUT2D eigenvalue weighted by molar-refractivity contribution is 7.89. The Balaban J connectivity index is 1.67. The molecule has 1 unspecified atom stereocenters. The molecular weight excluding hydrogens is 449 g/mol. The van der Waals surface area contributed by atoms with Crippen LogP contribution in [0.4, 0.5) is 0 Å². The number of hydrogen-bond donors (Lipinski definition) is 3. The molecule has 2 aromatic heterocycles. The average molecular weight is 470 g/mol. The van der Waals surface area contributed by atoms with Gasteiger partial charge in [-0.3, -0.25) is 9.89 Å². The van der Waals surface area contributed by atoms with Crippen LogP contribution in [-0.2, 0) is 27.8 Å². The van der Waals surface area contributed by atoms with Crippen LogP contribution in [0.5, 0.6) is 0 Å². The van der Waals surface area contributed by atoms with Gasteiger partial charge in [0.25, 0.3) is 0 Å². The Hall–Kier alpha value is -2.07. The van der Waals surface area contributed by atoms with Crippen molar-refractivity contribution in [1.29, 1.82) is 0 Å². The fourth-order valence-corrected chi connectivity index (χ4v) is 5.60. The van der Waals surface area contributed by atoms with Gasteiger partial charge >= 0.3 is 0 Å². The summed E-state index contributed by atoms with van der Waals surface area (Å²) in [5, 5.41) is 11.3. The quantitative estimate of drug-likeness (QED) is 0.515. The molecule has 3 heterocycles. The van der Waals surface area contributed by atoms with Gasteiger partial charge in [0.1, 0.15) is 0 Å². The van der Waals surface area contributed by atoms with Gasteiger partial charge in [-0.2, -0.15) is 5.10 Å². The van der Waals surface area contributed by atoms with Crippen LogP contribution in [-0.4, -0.2) is 47.4 Å². The SMILES string of the molecule is CC(=O)NCCS(=O)(=O)NC1CCc2c(-c3cn[nH]c3)c3ccc(Cl)c(Cl)c3n2C1. The molecule has 1 aliphatic heterocycles. The molecule has 8 nitrogen and oxygen atoms in total. The maximum Gasteiger partial charge on any atom is 0.216 e. The number of halogens is 2. The van der Waals surface area contributed by atoms with E-state index in [-0.39, 0.29) is 24.2 Å². The van der Waals surface area contributed by atoms with Crippen LogP contribution >= 0.6 is 23.2 Å². The number of hydrogen-bond acceptors (Lipinski definition) is 4. The zero-order valence-corrected chi connectivity index (χ0v) is 18.5. The molecule has 0 aliphatic carbocycles. The maximum absolute atomic E-state index is 12.4. The Morgan fingerprint density at radius 2 is 2.17 bits per heavy atom. The van der Waals surface area contributed by atoms with Gasteiger partial charge in [0.15, 0.2) is 0 Å². The van der Waals surface area contributed by atoms with Crippen molar-refractivity contribution in [3.63, 3.8) is 0 Å². The minimum absolute atomic E-state index is 0.0706. The lowest BCUT2D eigenvalue weighted by Gasteiger charge is -2.27. The lowest BCUT2D eigenvalue weighted by molar-refractivity contribution is -0.118. The molecule has 1 atom stereocenters. The number of rotatable bonds is 6. The van der Waals surface area contributed by atoms with Crippen molar-refractivity contribution in [3.05, 3.63) is 40.3 Å². The van der Waals surface area contributed by atoms with E-state index in [9.17, 15) is 13.2 Å². The molecule has 0 saturated carbocycles. The predicted octanol–water partition coefficient (Wildman–Crippen LogP) is 2.71. The summed E-state index contributed by atoms with van der Waals surface area (Å²) >= 11 is 12.8. The molecule has 1 aliphatic rings. The fraction of sp³-hybridized carbons (Fsp3) is 0.368. The highest BCUT2D eigenvalue weighted by Gasteiger charge is 2.29. The molecule has 1 aromatic carbocycles. The van der Waals surface area contributed by atoms with E-state index < -0.39 is 10.0 Å². The molecule has 0 fully saturated rings. The topological polar surface area (TPSA) is 109 Å². The van der Waals surface area contributed by atoms with Crippen LogP contribution in [0.15, 0.2) is 24.5 Å². The van der Waals surface area contributed by atoms with E-state index in [1.54, 1.807) is 12.3 Å². The zero-order valence-electron chi connectivity index (χ0n) is 16.2. The first-order valence-corrected chi connectivity index (χ1v) is 11.9. The fourth-order valence-electron chi connectivity index (χ4n) is 4.00. The summed E-state index contributed by atoms with van der Waals surface area (Å²) in [7, 11) is -3.54. The van der Waals surface area contributed by atoms with E-state index in [0.29, 0.717) is 29.4 Å². The number of aromatic amines is 1. The Morgan fingerprint density at radius 1 is 1.37 bits per heavy atom. The maximum atomic E-state index is 12.4. The Kier molecular flexibility index (Phi) is 5.80. The number of benzene rings is 1. The van der Waals surface area contributed by atoms with E-state index in [1.807, 2.05) is 12.3 Å². The summed E-state index contributed by atoms with van der Waals surface area (Å²) in [5.74, 6) is -0.431. The van der Waals surface area contributed by atoms with Gasteiger partial charge in [-0.1, -0.05) is 29.3 Å². The summed E-state index contributed by atoms with van der Waals surface area (Å²) in [6, 6.07) is 3.41.